The topological polar surface area (TPSA) is 105 Å². The number of aryl methyl sites for hydroxylation is 2. The number of nitrogens with zero attached hydrogens (tertiary/aromatic N) is 6. The molecule has 1 unspecified atom stereocenters. The van der Waals surface area contributed by atoms with E-state index in [1.807, 2.05) is 47.7 Å². The summed E-state index contributed by atoms with van der Waals surface area (Å²) in [7, 11) is 0. The van der Waals surface area contributed by atoms with E-state index in [9.17, 15) is 19.7 Å². The molecule has 10 nitrogen and oxygen atoms in total. The van der Waals surface area contributed by atoms with E-state index in [2.05, 4.69) is 22.0 Å². The second-order valence-electron chi connectivity index (χ2n) is 10.9. The average molecular weight is 545 g/mol. The van der Waals surface area contributed by atoms with Crippen LogP contribution in [-0.2, 0) is 17.8 Å². The average Bonchev–Trinajstić information content (AvgIpc) is 3.47. The van der Waals surface area contributed by atoms with Crippen LogP contribution in [0.1, 0.15) is 49.0 Å². The van der Waals surface area contributed by atoms with E-state index in [-0.39, 0.29) is 35.1 Å². The maximum Gasteiger partial charge on any atom is 0.270 e. The minimum atomic E-state index is -0.635. The van der Waals surface area contributed by atoms with Crippen molar-refractivity contribution in [2.45, 2.75) is 58.3 Å². The Morgan fingerprint density at radius 3 is 2.52 bits per heavy atom. The van der Waals surface area contributed by atoms with E-state index < -0.39 is 11.0 Å². The molecule has 2 amide bonds. The fourth-order valence-electron chi connectivity index (χ4n) is 5.93. The van der Waals surface area contributed by atoms with Gasteiger partial charge in [-0.2, -0.15) is 0 Å². The minimum Gasteiger partial charge on any atom is -0.349 e. The summed E-state index contributed by atoms with van der Waals surface area (Å²) < 4.78 is 2.00. The lowest BCUT2D eigenvalue weighted by Gasteiger charge is -2.54. The van der Waals surface area contributed by atoms with Gasteiger partial charge in [-0.1, -0.05) is 44.2 Å². The number of unbranched alkanes of at least 4 members (excludes halogenated alkanes) is 1. The van der Waals surface area contributed by atoms with Crippen molar-refractivity contribution in [1.82, 2.24) is 19.4 Å². The fourth-order valence-corrected chi connectivity index (χ4v) is 5.93. The Labute approximate surface area is 234 Å². The third-order valence-electron chi connectivity index (χ3n) is 7.89. The Morgan fingerprint density at radius 2 is 1.82 bits per heavy atom. The summed E-state index contributed by atoms with van der Waals surface area (Å²) in [5.74, 6) is -0.476. The number of hydrogen-bond donors (Lipinski definition) is 0. The molecule has 0 N–H and O–H groups in total. The maximum atomic E-state index is 13.9. The fraction of sp³-hybridized carbons (Fsp3) is 0.433. The first-order valence-electron chi connectivity index (χ1n) is 14.0. The monoisotopic (exact) mass is 544 g/mol. The van der Waals surface area contributed by atoms with Crippen molar-refractivity contribution in [3.8, 4) is 0 Å². The molecule has 2 aromatic carbocycles. The molecule has 0 radical (unpaired) electrons. The highest BCUT2D eigenvalue weighted by molar-refractivity contribution is 6.05. The summed E-state index contributed by atoms with van der Waals surface area (Å²) in [6.07, 6.45) is 8.65. The van der Waals surface area contributed by atoms with E-state index in [0.717, 1.165) is 32.2 Å². The molecule has 0 spiro atoms. The number of rotatable bonds is 11. The quantitative estimate of drug-likeness (QED) is 0.202. The van der Waals surface area contributed by atoms with Crippen LogP contribution in [0.25, 0.3) is 0 Å². The second-order valence-corrected chi connectivity index (χ2v) is 10.9. The maximum absolute atomic E-state index is 13.9. The smallest absolute Gasteiger partial charge is 0.270 e. The number of nitro groups is 1. The number of nitro benzene ring substituents is 1. The zero-order chi connectivity index (χ0) is 28.2. The molecular formula is C30H36N6O4. The lowest BCUT2D eigenvalue weighted by Crippen LogP contribution is -2.71. The van der Waals surface area contributed by atoms with Gasteiger partial charge in [-0.05, 0) is 43.2 Å². The standard InChI is InChI=1S/C30H36N6O4/c1-22(2)28-30(38)33(16-7-6-11-23-9-4-3-5-10-23)20-27-34(17-8-15-32-18-14-31-21-32)26-13-12-24(36(39)40)19-25(26)29(37)35(27)28/h3-5,9-10,12-14,18-19,21-22,27-28H,6-8,11,15-17,20H2,1-2H3/t27?,28-/m0/s1. The lowest BCUT2D eigenvalue weighted by molar-refractivity contribution is -0.384. The zero-order valence-electron chi connectivity index (χ0n) is 23.1. The highest BCUT2D eigenvalue weighted by Crippen LogP contribution is 2.38. The van der Waals surface area contributed by atoms with Crippen LogP contribution in [0.5, 0.6) is 0 Å². The summed E-state index contributed by atoms with van der Waals surface area (Å²) in [4.78, 5) is 48.6. The lowest BCUT2D eigenvalue weighted by atomic mass is 9.92. The van der Waals surface area contributed by atoms with Crippen molar-refractivity contribution in [3.63, 3.8) is 0 Å². The van der Waals surface area contributed by atoms with Crippen LogP contribution in [0.15, 0.2) is 67.3 Å². The van der Waals surface area contributed by atoms with Gasteiger partial charge in [-0.25, -0.2) is 4.98 Å². The number of carbonyl (C=O) groups excluding carboxylic acids is 2. The molecule has 1 fully saturated rings. The minimum absolute atomic E-state index is 0.0495. The predicted molar refractivity (Wildman–Crippen MR) is 152 cm³/mol. The zero-order valence-corrected chi connectivity index (χ0v) is 23.1. The Hall–Kier alpha value is -4.21. The number of amides is 2. The van der Waals surface area contributed by atoms with Crippen LogP contribution in [-0.4, -0.2) is 67.9 Å². The molecule has 10 heteroatoms. The first-order chi connectivity index (χ1) is 19.3. The third-order valence-corrected chi connectivity index (χ3v) is 7.89. The van der Waals surface area contributed by atoms with Gasteiger partial charge in [0, 0.05) is 44.2 Å². The first kappa shape index (κ1) is 27.4. The Bertz CT molecular complexity index is 1340. The van der Waals surface area contributed by atoms with Crippen molar-refractivity contribution in [2.24, 2.45) is 5.92 Å². The van der Waals surface area contributed by atoms with E-state index in [1.54, 1.807) is 23.5 Å². The van der Waals surface area contributed by atoms with Crippen LogP contribution in [0.2, 0.25) is 0 Å². The van der Waals surface area contributed by atoms with Gasteiger partial charge in [0.25, 0.3) is 11.6 Å². The van der Waals surface area contributed by atoms with Crippen LogP contribution in [0.3, 0.4) is 0 Å². The van der Waals surface area contributed by atoms with Gasteiger partial charge in [0.05, 0.1) is 29.0 Å². The number of aromatic nitrogens is 2. The van der Waals surface area contributed by atoms with Crippen LogP contribution in [0, 0.1) is 16.0 Å². The Kier molecular flexibility index (Phi) is 8.14. The highest BCUT2D eigenvalue weighted by atomic mass is 16.6. The number of hydrogen-bond acceptors (Lipinski definition) is 6. The van der Waals surface area contributed by atoms with E-state index in [0.29, 0.717) is 25.3 Å². The van der Waals surface area contributed by atoms with E-state index in [1.165, 1.54) is 17.7 Å². The molecule has 1 saturated heterocycles. The van der Waals surface area contributed by atoms with Gasteiger partial charge in [0.2, 0.25) is 5.91 Å². The van der Waals surface area contributed by atoms with Crippen molar-refractivity contribution in [2.75, 3.05) is 24.5 Å². The summed E-state index contributed by atoms with van der Waals surface area (Å²) in [6.45, 7) is 6.31. The van der Waals surface area contributed by atoms with Crippen molar-refractivity contribution < 1.29 is 14.5 Å². The van der Waals surface area contributed by atoms with Crippen LogP contribution in [0.4, 0.5) is 11.4 Å². The normalized spacial score (nSPS) is 18.7. The summed E-state index contributed by atoms with van der Waals surface area (Å²) in [5.41, 5.74) is 2.12. The molecule has 2 aliphatic rings. The van der Waals surface area contributed by atoms with Gasteiger partial charge in [-0.3, -0.25) is 19.7 Å². The molecule has 210 valence electrons. The van der Waals surface area contributed by atoms with Gasteiger partial charge in [0.15, 0.2) is 0 Å². The highest BCUT2D eigenvalue weighted by Gasteiger charge is 2.50. The summed E-state index contributed by atoms with van der Waals surface area (Å²) in [6, 6.07) is 14.2. The number of anilines is 1. The van der Waals surface area contributed by atoms with Gasteiger partial charge in [-0.15, -0.1) is 0 Å². The number of benzene rings is 2. The van der Waals surface area contributed by atoms with Gasteiger partial charge in [0.1, 0.15) is 12.2 Å². The molecule has 3 heterocycles. The number of non-ortho nitro benzene ring substituents is 1. The summed E-state index contributed by atoms with van der Waals surface area (Å²) >= 11 is 0. The van der Waals surface area contributed by atoms with Crippen molar-refractivity contribution >= 4 is 23.2 Å². The van der Waals surface area contributed by atoms with Gasteiger partial charge < -0.3 is 19.3 Å². The Balaban J connectivity index is 1.41. The van der Waals surface area contributed by atoms with Gasteiger partial charge >= 0.3 is 0 Å². The molecule has 3 aromatic rings. The SMILES string of the molecule is CC(C)[C@H]1C(=O)N(CCCCc2ccccc2)CC2N(CCCn3ccnc3)c3ccc([N+](=O)[O-])cc3C(=O)N21. The molecule has 2 atom stereocenters. The molecule has 0 bridgehead atoms. The third kappa shape index (κ3) is 5.57. The van der Waals surface area contributed by atoms with Crippen LogP contribution < -0.4 is 4.90 Å². The molecule has 1 aromatic heterocycles. The summed E-state index contributed by atoms with van der Waals surface area (Å²) in [5, 5.41) is 11.5. The van der Waals surface area contributed by atoms with E-state index >= 15 is 0 Å². The number of piperazine rings is 1. The van der Waals surface area contributed by atoms with Crippen LogP contribution >= 0.6 is 0 Å². The number of carbonyl (C=O) groups is 2. The number of fused-ring (bicyclic) bond motifs is 2. The molecule has 0 saturated carbocycles. The molecule has 0 aliphatic carbocycles. The Morgan fingerprint density at radius 1 is 1.02 bits per heavy atom. The van der Waals surface area contributed by atoms with E-state index in [4.69, 9.17) is 0 Å². The second kappa shape index (κ2) is 11.9. The van der Waals surface area contributed by atoms with Crippen molar-refractivity contribution in [1.29, 1.82) is 0 Å². The molecule has 2 aliphatic heterocycles. The molecule has 5 rings (SSSR count). The molecule has 40 heavy (non-hydrogen) atoms. The largest absolute Gasteiger partial charge is 0.349 e. The number of imidazole rings is 1. The van der Waals surface area contributed by atoms with Crippen molar-refractivity contribution in [3.05, 3.63) is 88.5 Å². The first-order valence-corrected chi connectivity index (χ1v) is 14.0. The molecular weight excluding hydrogens is 508 g/mol. The predicted octanol–water partition coefficient (Wildman–Crippen LogP) is 4.36.